The second-order valence-corrected chi connectivity index (χ2v) is 4.17. The van der Waals surface area contributed by atoms with Crippen molar-refractivity contribution < 1.29 is 4.74 Å². The van der Waals surface area contributed by atoms with Crippen LogP contribution in [0.4, 0.5) is 0 Å². The van der Waals surface area contributed by atoms with Crippen LogP contribution in [-0.2, 0) is 6.42 Å². The number of hydrogen-bond donors (Lipinski definition) is 0. The van der Waals surface area contributed by atoms with Crippen LogP contribution in [0.1, 0.15) is 12.5 Å². The van der Waals surface area contributed by atoms with Crippen molar-refractivity contribution in [3.8, 4) is 5.75 Å². The van der Waals surface area contributed by atoms with Crippen LogP contribution in [0.15, 0.2) is 24.3 Å². The van der Waals surface area contributed by atoms with Gasteiger partial charge in [0.25, 0.3) is 0 Å². The molecule has 3 heteroatoms. The van der Waals surface area contributed by atoms with Crippen molar-refractivity contribution in [2.45, 2.75) is 25.5 Å². The third-order valence-electron chi connectivity index (χ3n) is 2.92. The minimum atomic E-state index is 0. The summed E-state index contributed by atoms with van der Waals surface area (Å²) in [6.45, 7) is 2.14. The third-order valence-corrected chi connectivity index (χ3v) is 2.92. The summed E-state index contributed by atoms with van der Waals surface area (Å²) in [5, 5.41) is 0. The predicted octanol–water partition coefficient (Wildman–Crippen LogP) is 2.36. The van der Waals surface area contributed by atoms with E-state index in [4.69, 9.17) is 4.74 Å². The molecule has 0 fully saturated rings. The Morgan fingerprint density at radius 3 is 2.60 bits per heavy atom. The topological polar surface area (TPSA) is 12.5 Å². The van der Waals surface area contributed by atoms with E-state index in [1.54, 1.807) is 0 Å². The normalized spacial score (nSPS) is 24.0. The van der Waals surface area contributed by atoms with Crippen molar-refractivity contribution in [1.82, 2.24) is 4.90 Å². The lowest BCUT2D eigenvalue weighted by Gasteiger charge is -2.35. The maximum absolute atomic E-state index is 5.86. The molecule has 84 valence electrons. The van der Waals surface area contributed by atoms with Crippen LogP contribution in [0, 0.1) is 0 Å². The predicted molar refractivity (Wildman–Crippen MR) is 65.0 cm³/mol. The number of rotatable bonds is 1. The number of ether oxygens (including phenoxy) is 1. The first kappa shape index (κ1) is 12.3. The van der Waals surface area contributed by atoms with E-state index in [1.807, 2.05) is 6.07 Å². The average Bonchev–Trinajstić information content (AvgIpc) is 2.16. The molecule has 0 N–H and O–H groups in total. The zero-order chi connectivity index (χ0) is 10.1. The van der Waals surface area contributed by atoms with Gasteiger partial charge in [-0.05, 0) is 39.1 Å². The molecule has 1 aliphatic heterocycles. The van der Waals surface area contributed by atoms with E-state index in [-0.39, 0.29) is 18.5 Å². The first-order valence-electron chi connectivity index (χ1n) is 5.09. The van der Waals surface area contributed by atoms with E-state index in [0.29, 0.717) is 6.04 Å². The standard InChI is InChI=1S/C12H17NO.ClH/c1-9-11(13(2)3)8-10-6-4-5-7-12(10)14-9;/h4-7,9,11H,8H2,1-3H3;1H/t9-,11-;/m0./s1. The molecule has 0 unspecified atom stereocenters. The van der Waals surface area contributed by atoms with Crippen LogP contribution >= 0.6 is 12.4 Å². The van der Waals surface area contributed by atoms with Crippen LogP contribution < -0.4 is 4.74 Å². The van der Waals surface area contributed by atoms with E-state index in [1.165, 1.54) is 5.56 Å². The lowest BCUT2D eigenvalue weighted by Crippen LogP contribution is -2.44. The zero-order valence-electron chi connectivity index (χ0n) is 9.43. The summed E-state index contributed by atoms with van der Waals surface area (Å²) >= 11 is 0. The number of halogens is 1. The van der Waals surface area contributed by atoms with Crippen LogP contribution in [0.3, 0.4) is 0 Å². The first-order valence-corrected chi connectivity index (χ1v) is 5.09. The minimum absolute atomic E-state index is 0. The van der Waals surface area contributed by atoms with Crippen molar-refractivity contribution in [3.05, 3.63) is 29.8 Å². The van der Waals surface area contributed by atoms with Gasteiger partial charge in [-0.2, -0.15) is 0 Å². The van der Waals surface area contributed by atoms with Crippen LogP contribution in [0.2, 0.25) is 0 Å². The second-order valence-electron chi connectivity index (χ2n) is 4.17. The number of fused-ring (bicyclic) bond motifs is 1. The summed E-state index contributed by atoms with van der Waals surface area (Å²) < 4.78 is 5.86. The van der Waals surface area contributed by atoms with Crippen LogP contribution in [0.25, 0.3) is 0 Å². The Labute approximate surface area is 97.6 Å². The molecule has 0 aromatic heterocycles. The number of para-hydroxylation sites is 1. The highest BCUT2D eigenvalue weighted by molar-refractivity contribution is 5.85. The maximum atomic E-state index is 5.86. The van der Waals surface area contributed by atoms with Crippen molar-refractivity contribution in [3.63, 3.8) is 0 Å². The summed E-state index contributed by atoms with van der Waals surface area (Å²) in [6, 6.07) is 8.80. The van der Waals surface area contributed by atoms with Gasteiger partial charge >= 0.3 is 0 Å². The zero-order valence-corrected chi connectivity index (χ0v) is 10.3. The molecule has 1 aromatic carbocycles. The second kappa shape index (κ2) is 4.86. The molecule has 0 aliphatic carbocycles. The molecular formula is C12H18ClNO. The Balaban J connectivity index is 0.00000112. The molecule has 2 rings (SSSR count). The average molecular weight is 228 g/mol. The van der Waals surface area contributed by atoms with Gasteiger partial charge in [-0.15, -0.1) is 12.4 Å². The lowest BCUT2D eigenvalue weighted by atomic mass is 9.97. The Hall–Kier alpha value is -0.730. The van der Waals surface area contributed by atoms with E-state index >= 15 is 0 Å². The van der Waals surface area contributed by atoms with E-state index < -0.39 is 0 Å². The minimum Gasteiger partial charge on any atom is -0.489 e. The van der Waals surface area contributed by atoms with Gasteiger partial charge in [-0.3, -0.25) is 0 Å². The Morgan fingerprint density at radius 2 is 1.93 bits per heavy atom. The number of likely N-dealkylation sites (N-methyl/N-ethyl adjacent to an activating group) is 1. The molecular weight excluding hydrogens is 210 g/mol. The Bertz CT molecular complexity index is 327. The molecule has 0 saturated heterocycles. The molecule has 0 radical (unpaired) electrons. The van der Waals surface area contributed by atoms with Gasteiger partial charge in [0.2, 0.25) is 0 Å². The Morgan fingerprint density at radius 1 is 1.27 bits per heavy atom. The molecule has 0 spiro atoms. The lowest BCUT2D eigenvalue weighted by molar-refractivity contribution is 0.0927. The van der Waals surface area contributed by atoms with Crippen molar-refractivity contribution in [1.29, 1.82) is 0 Å². The molecule has 15 heavy (non-hydrogen) atoms. The number of hydrogen-bond acceptors (Lipinski definition) is 2. The van der Waals surface area contributed by atoms with Crippen molar-refractivity contribution in [2.24, 2.45) is 0 Å². The molecule has 2 nitrogen and oxygen atoms in total. The van der Waals surface area contributed by atoms with Gasteiger partial charge in [-0.25, -0.2) is 0 Å². The van der Waals surface area contributed by atoms with Gasteiger partial charge in [0.15, 0.2) is 0 Å². The summed E-state index contributed by atoms with van der Waals surface area (Å²) in [5.41, 5.74) is 1.32. The summed E-state index contributed by atoms with van der Waals surface area (Å²) in [7, 11) is 4.22. The van der Waals surface area contributed by atoms with Crippen LogP contribution in [-0.4, -0.2) is 31.1 Å². The number of nitrogens with zero attached hydrogens (tertiary/aromatic N) is 1. The monoisotopic (exact) mass is 227 g/mol. The fraction of sp³-hybridized carbons (Fsp3) is 0.500. The molecule has 2 atom stereocenters. The molecule has 0 bridgehead atoms. The summed E-state index contributed by atoms with van der Waals surface area (Å²) in [6.07, 6.45) is 1.37. The highest BCUT2D eigenvalue weighted by Gasteiger charge is 2.27. The van der Waals surface area contributed by atoms with Gasteiger partial charge in [0.05, 0.1) is 0 Å². The summed E-state index contributed by atoms with van der Waals surface area (Å²) in [5.74, 6) is 1.05. The fourth-order valence-corrected chi connectivity index (χ4v) is 2.06. The number of benzene rings is 1. The van der Waals surface area contributed by atoms with Gasteiger partial charge in [0, 0.05) is 6.04 Å². The molecule has 0 saturated carbocycles. The SMILES string of the molecule is C[C@@H]1Oc2ccccc2C[C@@H]1N(C)C.Cl. The largest absolute Gasteiger partial charge is 0.489 e. The first-order chi connectivity index (χ1) is 6.68. The molecule has 1 aromatic rings. The van der Waals surface area contributed by atoms with E-state index in [9.17, 15) is 0 Å². The summed E-state index contributed by atoms with van der Waals surface area (Å²) in [4.78, 5) is 2.24. The quantitative estimate of drug-likeness (QED) is 0.731. The van der Waals surface area contributed by atoms with E-state index in [2.05, 4.69) is 44.1 Å². The van der Waals surface area contributed by atoms with Crippen molar-refractivity contribution >= 4 is 12.4 Å². The van der Waals surface area contributed by atoms with Crippen molar-refractivity contribution in [2.75, 3.05) is 14.1 Å². The Kier molecular flexibility index (Phi) is 4.00. The van der Waals surface area contributed by atoms with Gasteiger partial charge in [-0.1, -0.05) is 18.2 Å². The van der Waals surface area contributed by atoms with Gasteiger partial charge < -0.3 is 9.64 Å². The molecule has 0 amide bonds. The maximum Gasteiger partial charge on any atom is 0.123 e. The van der Waals surface area contributed by atoms with E-state index in [0.717, 1.165) is 12.2 Å². The highest BCUT2D eigenvalue weighted by atomic mass is 35.5. The highest BCUT2D eigenvalue weighted by Crippen LogP contribution is 2.28. The van der Waals surface area contributed by atoms with Crippen LogP contribution in [0.5, 0.6) is 5.75 Å². The van der Waals surface area contributed by atoms with Gasteiger partial charge in [0.1, 0.15) is 11.9 Å². The molecule has 1 aliphatic rings. The smallest absolute Gasteiger partial charge is 0.123 e. The fourth-order valence-electron chi connectivity index (χ4n) is 2.06. The third kappa shape index (κ3) is 2.44. The molecule has 1 heterocycles.